The molecule has 0 amide bonds. The standard InChI is InChI=1S/C15H18N2O2/c1-2-3-4-5-11-12-7-6-10(18)8-14(12)19-15(17)13(11)9-16/h6-8,11,18H,2-5,17H2,1H3. The Morgan fingerprint density at radius 3 is 2.89 bits per heavy atom. The topological polar surface area (TPSA) is 79.3 Å². The summed E-state index contributed by atoms with van der Waals surface area (Å²) in [6.07, 6.45) is 4.18. The van der Waals surface area contributed by atoms with Crippen LogP contribution in [0.1, 0.15) is 44.1 Å². The summed E-state index contributed by atoms with van der Waals surface area (Å²) in [5.41, 5.74) is 7.23. The Bertz CT molecular complexity index is 544. The molecule has 0 saturated heterocycles. The van der Waals surface area contributed by atoms with Gasteiger partial charge in [0.05, 0.1) is 5.57 Å². The van der Waals surface area contributed by atoms with Crippen molar-refractivity contribution < 1.29 is 9.84 Å². The number of aromatic hydroxyl groups is 1. The zero-order valence-electron chi connectivity index (χ0n) is 11.0. The van der Waals surface area contributed by atoms with Crippen LogP contribution in [0.25, 0.3) is 0 Å². The van der Waals surface area contributed by atoms with Crippen LogP contribution in [0.4, 0.5) is 0 Å². The van der Waals surface area contributed by atoms with E-state index in [1.807, 2.05) is 6.07 Å². The van der Waals surface area contributed by atoms with Gasteiger partial charge in [-0.15, -0.1) is 0 Å². The normalized spacial score (nSPS) is 17.6. The van der Waals surface area contributed by atoms with E-state index in [0.717, 1.165) is 31.2 Å². The maximum Gasteiger partial charge on any atom is 0.205 e. The van der Waals surface area contributed by atoms with Gasteiger partial charge in [-0.25, -0.2) is 0 Å². The number of ether oxygens (including phenoxy) is 1. The molecule has 1 heterocycles. The largest absolute Gasteiger partial charge is 0.508 e. The zero-order valence-corrected chi connectivity index (χ0v) is 11.0. The fourth-order valence-corrected chi connectivity index (χ4v) is 2.43. The van der Waals surface area contributed by atoms with Crippen molar-refractivity contribution in [2.45, 2.75) is 38.5 Å². The zero-order chi connectivity index (χ0) is 13.8. The van der Waals surface area contributed by atoms with E-state index in [-0.39, 0.29) is 17.6 Å². The molecule has 2 rings (SSSR count). The SMILES string of the molecule is CCCCCC1C(C#N)=C(N)Oc2cc(O)ccc21. The smallest absolute Gasteiger partial charge is 0.205 e. The minimum Gasteiger partial charge on any atom is -0.508 e. The number of benzene rings is 1. The van der Waals surface area contributed by atoms with Crippen LogP contribution in [-0.4, -0.2) is 5.11 Å². The molecule has 19 heavy (non-hydrogen) atoms. The van der Waals surface area contributed by atoms with Crippen molar-refractivity contribution in [3.63, 3.8) is 0 Å². The summed E-state index contributed by atoms with van der Waals surface area (Å²) in [7, 11) is 0. The molecule has 0 bridgehead atoms. The molecule has 1 aromatic rings. The van der Waals surface area contributed by atoms with Crippen LogP contribution < -0.4 is 10.5 Å². The number of nitrogens with two attached hydrogens (primary N) is 1. The summed E-state index contributed by atoms with van der Waals surface area (Å²) in [5, 5.41) is 18.7. The molecule has 100 valence electrons. The number of rotatable bonds is 4. The highest BCUT2D eigenvalue weighted by Crippen LogP contribution is 2.41. The number of phenols is 1. The quantitative estimate of drug-likeness (QED) is 0.813. The molecule has 0 spiro atoms. The highest BCUT2D eigenvalue weighted by Gasteiger charge is 2.28. The first-order chi connectivity index (χ1) is 9.17. The van der Waals surface area contributed by atoms with Gasteiger partial charge < -0.3 is 15.6 Å². The number of nitriles is 1. The van der Waals surface area contributed by atoms with E-state index in [2.05, 4.69) is 13.0 Å². The highest BCUT2D eigenvalue weighted by atomic mass is 16.5. The molecule has 0 radical (unpaired) electrons. The lowest BCUT2D eigenvalue weighted by Crippen LogP contribution is -2.20. The van der Waals surface area contributed by atoms with Crippen molar-refractivity contribution in [2.24, 2.45) is 5.73 Å². The van der Waals surface area contributed by atoms with E-state index in [9.17, 15) is 10.4 Å². The molecule has 0 fully saturated rings. The number of hydrogen-bond acceptors (Lipinski definition) is 4. The summed E-state index contributed by atoms with van der Waals surface area (Å²) in [4.78, 5) is 0. The van der Waals surface area contributed by atoms with Crippen LogP contribution in [0.5, 0.6) is 11.5 Å². The first-order valence-electron chi connectivity index (χ1n) is 6.57. The van der Waals surface area contributed by atoms with E-state index in [4.69, 9.17) is 10.5 Å². The summed E-state index contributed by atoms with van der Waals surface area (Å²) in [5.74, 6) is 0.820. The number of fused-ring (bicyclic) bond motifs is 1. The number of hydrogen-bond donors (Lipinski definition) is 2. The average Bonchev–Trinajstić information content (AvgIpc) is 2.38. The fraction of sp³-hybridized carbons (Fsp3) is 0.400. The second-order valence-electron chi connectivity index (χ2n) is 4.76. The van der Waals surface area contributed by atoms with Crippen molar-refractivity contribution in [3.05, 3.63) is 35.2 Å². The molecule has 1 aliphatic heterocycles. The van der Waals surface area contributed by atoms with E-state index in [0.29, 0.717) is 11.3 Å². The fourth-order valence-electron chi connectivity index (χ4n) is 2.43. The lowest BCUT2D eigenvalue weighted by molar-refractivity contribution is 0.378. The average molecular weight is 258 g/mol. The van der Waals surface area contributed by atoms with Gasteiger partial charge in [0.25, 0.3) is 0 Å². The maximum absolute atomic E-state index is 9.50. The molecule has 0 saturated carbocycles. The van der Waals surface area contributed by atoms with Gasteiger partial charge in [0, 0.05) is 17.5 Å². The van der Waals surface area contributed by atoms with E-state index < -0.39 is 0 Å². The Morgan fingerprint density at radius 2 is 2.21 bits per heavy atom. The van der Waals surface area contributed by atoms with Crippen LogP contribution in [0.2, 0.25) is 0 Å². The number of allylic oxidation sites excluding steroid dienone is 1. The monoisotopic (exact) mass is 258 g/mol. The Kier molecular flexibility index (Phi) is 3.96. The predicted molar refractivity (Wildman–Crippen MR) is 72.4 cm³/mol. The van der Waals surface area contributed by atoms with E-state index >= 15 is 0 Å². The Hall–Kier alpha value is -2.15. The third kappa shape index (κ3) is 2.65. The summed E-state index contributed by atoms with van der Waals surface area (Å²) in [6, 6.07) is 7.13. The van der Waals surface area contributed by atoms with Crippen LogP contribution >= 0.6 is 0 Å². The molecule has 0 aromatic heterocycles. The van der Waals surface area contributed by atoms with Gasteiger partial charge in [0.2, 0.25) is 5.88 Å². The third-order valence-electron chi connectivity index (χ3n) is 3.42. The van der Waals surface area contributed by atoms with Crippen molar-refractivity contribution in [3.8, 4) is 17.6 Å². The van der Waals surface area contributed by atoms with Crippen LogP contribution in [0, 0.1) is 11.3 Å². The number of nitrogens with zero attached hydrogens (tertiary/aromatic N) is 1. The molecule has 4 nitrogen and oxygen atoms in total. The van der Waals surface area contributed by atoms with Gasteiger partial charge in [-0.3, -0.25) is 0 Å². The van der Waals surface area contributed by atoms with Gasteiger partial charge in [0.1, 0.15) is 17.6 Å². The van der Waals surface area contributed by atoms with Crippen molar-refractivity contribution >= 4 is 0 Å². The molecule has 3 N–H and O–H groups in total. The molecule has 1 unspecified atom stereocenters. The summed E-state index contributed by atoms with van der Waals surface area (Å²) in [6.45, 7) is 2.14. The van der Waals surface area contributed by atoms with Crippen molar-refractivity contribution in [2.75, 3.05) is 0 Å². The predicted octanol–water partition coefficient (Wildman–Crippen LogP) is 3.14. The molecule has 0 aliphatic carbocycles. The minimum atomic E-state index is -0.0269. The minimum absolute atomic E-state index is 0.0269. The Labute approximate surface area is 113 Å². The Balaban J connectivity index is 2.34. The van der Waals surface area contributed by atoms with Gasteiger partial charge in [-0.1, -0.05) is 32.3 Å². The lowest BCUT2D eigenvalue weighted by atomic mass is 9.85. The first kappa shape index (κ1) is 13.3. The van der Waals surface area contributed by atoms with Gasteiger partial charge in [0.15, 0.2) is 0 Å². The van der Waals surface area contributed by atoms with Crippen LogP contribution in [0.15, 0.2) is 29.7 Å². The molecular weight excluding hydrogens is 240 g/mol. The second kappa shape index (κ2) is 5.66. The van der Waals surface area contributed by atoms with Crippen LogP contribution in [0.3, 0.4) is 0 Å². The van der Waals surface area contributed by atoms with E-state index in [1.165, 1.54) is 0 Å². The molecular formula is C15H18N2O2. The second-order valence-corrected chi connectivity index (χ2v) is 4.76. The first-order valence-corrected chi connectivity index (χ1v) is 6.57. The molecule has 1 aromatic carbocycles. The van der Waals surface area contributed by atoms with Gasteiger partial charge in [-0.2, -0.15) is 5.26 Å². The van der Waals surface area contributed by atoms with Gasteiger partial charge >= 0.3 is 0 Å². The van der Waals surface area contributed by atoms with Crippen molar-refractivity contribution in [1.82, 2.24) is 0 Å². The third-order valence-corrected chi connectivity index (χ3v) is 3.42. The molecule has 1 atom stereocenters. The maximum atomic E-state index is 9.50. The highest BCUT2D eigenvalue weighted by molar-refractivity contribution is 5.51. The Morgan fingerprint density at radius 1 is 1.42 bits per heavy atom. The van der Waals surface area contributed by atoms with E-state index in [1.54, 1.807) is 12.1 Å². The number of phenolic OH excluding ortho intramolecular Hbond substituents is 1. The van der Waals surface area contributed by atoms with Crippen LogP contribution in [-0.2, 0) is 0 Å². The molecule has 4 heteroatoms. The summed E-state index contributed by atoms with van der Waals surface area (Å²) < 4.78 is 5.43. The summed E-state index contributed by atoms with van der Waals surface area (Å²) >= 11 is 0. The van der Waals surface area contributed by atoms with Crippen molar-refractivity contribution in [1.29, 1.82) is 5.26 Å². The molecule has 1 aliphatic rings. The number of unbranched alkanes of at least 4 members (excludes halogenated alkanes) is 2. The lowest BCUT2D eigenvalue weighted by Gasteiger charge is -2.26. The van der Waals surface area contributed by atoms with Gasteiger partial charge in [-0.05, 0) is 12.5 Å².